The summed E-state index contributed by atoms with van der Waals surface area (Å²) >= 11 is 0. The van der Waals surface area contributed by atoms with Crippen LogP contribution in [0.15, 0.2) is 60.9 Å². The maximum atomic E-state index is 13.3. The van der Waals surface area contributed by atoms with Crippen LogP contribution in [-0.4, -0.2) is 14.9 Å². The van der Waals surface area contributed by atoms with Gasteiger partial charge in [-0.3, -0.25) is 4.79 Å². The highest BCUT2D eigenvalue weighted by Gasteiger charge is 2.27. The van der Waals surface area contributed by atoms with Crippen LogP contribution in [0.3, 0.4) is 0 Å². The molecule has 0 N–H and O–H groups in total. The molecule has 3 nitrogen and oxygen atoms in total. The van der Waals surface area contributed by atoms with Crippen LogP contribution >= 0.6 is 0 Å². The van der Waals surface area contributed by atoms with Crippen molar-refractivity contribution < 1.29 is 4.79 Å². The fourth-order valence-electron chi connectivity index (χ4n) is 4.12. The Morgan fingerprint density at radius 3 is 1.54 bits per heavy atom. The number of hydrogen-bond donors (Lipinski definition) is 0. The smallest absolute Gasteiger partial charge is 0.147 e. The van der Waals surface area contributed by atoms with E-state index >= 15 is 0 Å². The second kappa shape index (κ2) is 6.17. The predicted molar refractivity (Wildman–Crippen MR) is 108 cm³/mol. The van der Waals surface area contributed by atoms with Crippen LogP contribution in [0.25, 0.3) is 21.8 Å². The zero-order chi connectivity index (χ0) is 18.4. The van der Waals surface area contributed by atoms with E-state index in [1.807, 2.05) is 52.2 Å². The largest absolute Gasteiger partial charge is 0.350 e. The number of carbonyl (C=O) groups excluding carboxylic acids is 1. The monoisotopic (exact) mass is 344 g/mol. The van der Waals surface area contributed by atoms with Crippen molar-refractivity contribution in [2.45, 2.75) is 25.7 Å². The van der Waals surface area contributed by atoms with Crippen molar-refractivity contribution in [1.29, 1.82) is 0 Å². The van der Waals surface area contributed by atoms with E-state index in [9.17, 15) is 4.79 Å². The van der Waals surface area contributed by atoms with Crippen LogP contribution in [0.1, 0.15) is 36.8 Å². The molecule has 2 heterocycles. The lowest BCUT2D eigenvalue weighted by atomic mass is 9.85. The Kier molecular flexibility index (Phi) is 3.95. The molecule has 0 saturated heterocycles. The van der Waals surface area contributed by atoms with E-state index in [0.717, 1.165) is 11.1 Å². The summed E-state index contributed by atoms with van der Waals surface area (Å²) in [6.07, 6.45) is 4.20. The first kappa shape index (κ1) is 16.6. The number of nitrogens with zero attached hydrogens (tertiary/aromatic N) is 2. The van der Waals surface area contributed by atoms with Crippen LogP contribution in [0.5, 0.6) is 0 Å². The van der Waals surface area contributed by atoms with Crippen LogP contribution in [0.4, 0.5) is 0 Å². The first-order chi connectivity index (χ1) is 12.5. The molecule has 2 aromatic heterocycles. The molecule has 0 saturated carbocycles. The van der Waals surface area contributed by atoms with E-state index in [-0.39, 0.29) is 17.6 Å². The molecule has 2 unspecified atom stereocenters. The lowest BCUT2D eigenvalue weighted by Gasteiger charge is -2.16. The van der Waals surface area contributed by atoms with Gasteiger partial charge in [0.2, 0.25) is 0 Å². The minimum Gasteiger partial charge on any atom is -0.350 e. The predicted octanol–water partition coefficient (Wildman–Crippen LogP) is 5.15. The number of fused-ring (bicyclic) bond motifs is 2. The summed E-state index contributed by atoms with van der Waals surface area (Å²) in [5.41, 5.74) is 4.56. The molecule has 0 amide bonds. The Balaban J connectivity index is 1.74. The first-order valence-electron chi connectivity index (χ1n) is 9.10. The van der Waals surface area contributed by atoms with E-state index in [0.29, 0.717) is 0 Å². The quantitative estimate of drug-likeness (QED) is 0.503. The van der Waals surface area contributed by atoms with E-state index in [2.05, 4.69) is 45.8 Å². The van der Waals surface area contributed by atoms with Gasteiger partial charge >= 0.3 is 0 Å². The minimum absolute atomic E-state index is 0.143. The normalized spacial score (nSPS) is 14.0. The zero-order valence-electron chi connectivity index (χ0n) is 15.7. The van der Waals surface area contributed by atoms with Gasteiger partial charge in [-0.25, -0.2) is 0 Å². The third-order valence-electron chi connectivity index (χ3n) is 5.64. The third kappa shape index (κ3) is 2.47. The molecule has 132 valence electrons. The lowest BCUT2D eigenvalue weighted by molar-refractivity contribution is -0.121. The van der Waals surface area contributed by atoms with Gasteiger partial charge < -0.3 is 9.13 Å². The lowest BCUT2D eigenvalue weighted by Crippen LogP contribution is -2.16. The Bertz CT molecular complexity index is 1030. The van der Waals surface area contributed by atoms with Crippen LogP contribution in [0.2, 0.25) is 0 Å². The van der Waals surface area contributed by atoms with Crippen molar-refractivity contribution in [3.8, 4) is 0 Å². The van der Waals surface area contributed by atoms with Gasteiger partial charge in [-0.1, -0.05) is 50.2 Å². The van der Waals surface area contributed by atoms with Gasteiger partial charge in [0.1, 0.15) is 5.78 Å². The zero-order valence-corrected chi connectivity index (χ0v) is 15.7. The van der Waals surface area contributed by atoms with Crippen molar-refractivity contribution in [1.82, 2.24) is 9.13 Å². The molecule has 4 aromatic rings. The number of Topliss-reactive ketones (excluding diaryl/α,β-unsaturated/α-hetero) is 1. The number of ketones is 1. The van der Waals surface area contributed by atoms with Gasteiger partial charge in [0.15, 0.2) is 0 Å². The number of para-hydroxylation sites is 2. The SMILES string of the molecule is CC(C(=O)C(C)c1cn(C)c2ccccc12)c1cn(C)c2ccccc12. The Hall–Kier alpha value is -2.81. The maximum Gasteiger partial charge on any atom is 0.147 e. The van der Waals surface area contributed by atoms with Gasteiger partial charge in [-0.15, -0.1) is 0 Å². The van der Waals surface area contributed by atoms with E-state index in [1.165, 1.54) is 21.8 Å². The Morgan fingerprint density at radius 2 is 1.12 bits per heavy atom. The standard InChI is InChI=1S/C23H24N2O/c1-15(19-13-24(3)21-11-7-5-9-17(19)21)23(26)16(2)20-14-25(4)22-12-8-6-10-18(20)22/h5-16H,1-4H3. The van der Waals surface area contributed by atoms with Gasteiger partial charge in [0.25, 0.3) is 0 Å². The molecule has 0 aliphatic heterocycles. The van der Waals surface area contributed by atoms with Crippen molar-refractivity contribution in [2.75, 3.05) is 0 Å². The molecule has 26 heavy (non-hydrogen) atoms. The number of benzene rings is 2. The first-order valence-corrected chi connectivity index (χ1v) is 9.10. The maximum absolute atomic E-state index is 13.3. The number of carbonyl (C=O) groups is 1. The Labute approximate surface area is 153 Å². The van der Waals surface area contributed by atoms with Crippen molar-refractivity contribution >= 4 is 27.6 Å². The average molecular weight is 344 g/mol. The molecule has 0 aliphatic rings. The van der Waals surface area contributed by atoms with Crippen molar-refractivity contribution in [3.05, 3.63) is 72.1 Å². The third-order valence-corrected chi connectivity index (χ3v) is 5.64. The van der Waals surface area contributed by atoms with Gasteiger partial charge in [0, 0.05) is 60.1 Å². The molecule has 0 fully saturated rings. The highest BCUT2D eigenvalue weighted by molar-refractivity contribution is 5.99. The summed E-state index contributed by atoms with van der Waals surface area (Å²) in [6, 6.07) is 16.6. The summed E-state index contributed by atoms with van der Waals surface area (Å²) in [6.45, 7) is 4.07. The van der Waals surface area contributed by atoms with Crippen molar-refractivity contribution in [2.24, 2.45) is 14.1 Å². The molecule has 4 rings (SSSR count). The molecule has 0 radical (unpaired) electrons. The summed E-state index contributed by atoms with van der Waals surface area (Å²) in [4.78, 5) is 13.3. The molecule has 0 bridgehead atoms. The molecule has 0 aliphatic carbocycles. The van der Waals surface area contributed by atoms with E-state index < -0.39 is 0 Å². The second-order valence-electron chi connectivity index (χ2n) is 7.27. The van der Waals surface area contributed by atoms with E-state index in [1.54, 1.807) is 0 Å². The summed E-state index contributed by atoms with van der Waals surface area (Å²) in [7, 11) is 4.08. The molecule has 2 aromatic carbocycles. The highest BCUT2D eigenvalue weighted by Crippen LogP contribution is 2.34. The van der Waals surface area contributed by atoms with Gasteiger partial charge in [-0.2, -0.15) is 0 Å². The number of aryl methyl sites for hydroxylation is 2. The van der Waals surface area contributed by atoms with Gasteiger partial charge in [-0.05, 0) is 23.3 Å². The van der Waals surface area contributed by atoms with Crippen LogP contribution in [0, 0.1) is 0 Å². The number of rotatable bonds is 4. The number of hydrogen-bond acceptors (Lipinski definition) is 1. The minimum atomic E-state index is -0.143. The highest BCUT2D eigenvalue weighted by atomic mass is 16.1. The molecular weight excluding hydrogens is 320 g/mol. The van der Waals surface area contributed by atoms with Gasteiger partial charge in [0.05, 0.1) is 0 Å². The topological polar surface area (TPSA) is 26.9 Å². The number of aromatic nitrogens is 2. The second-order valence-corrected chi connectivity index (χ2v) is 7.27. The molecule has 2 atom stereocenters. The van der Waals surface area contributed by atoms with Crippen molar-refractivity contribution in [3.63, 3.8) is 0 Å². The summed E-state index contributed by atoms with van der Waals surface area (Å²) in [5.74, 6) is -0.0251. The fraction of sp³-hybridized carbons (Fsp3) is 0.261. The summed E-state index contributed by atoms with van der Waals surface area (Å²) < 4.78 is 4.22. The Morgan fingerprint density at radius 1 is 0.731 bits per heavy atom. The summed E-state index contributed by atoms with van der Waals surface area (Å²) in [5, 5.41) is 2.34. The molecular formula is C23H24N2O. The van der Waals surface area contributed by atoms with Crippen LogP contribution in [-0.2, 0) is 18.9 Å². The molecule has 0 spiro atoms. The van der Waals surface area contributed by atoms with E-state index in [4.69, 9.17) is 0 Å². The van der Waals surface area contributed by atoms with Crippen LogP contribution < -0.4 is 0 Å². The fourth-order valence-corrected chi connectivity index (χ4v) is 4.12. The average Bonchev–Trinajstić information content (AvgIpc) is 3.18. The molecule has 3 heteroatoms.